The van der Waals surface area contributed by atoms with E-state index in [2.05, 4.69) is 5.32 Å². The molecule has 1 N–H and O–H groups in total. The van der Waals surface area contributed by atoms with E-state index < -0.39 is 5.92 Å². The summed E-state index contributed by atoms with van der Waals surface area (Å²) in [6, 6.07) is 14.5. The highest BCUT2D eigenvalue weighted by molar-refractivity contribution is 5.99. The van der Waals surface area contributed by atoms with Gasteiger partial charge in [-0.25, -0.2) is 0 Å². The number of hydrogen-bond donors (Lipinski definition) is 1. The minimum atomic E-state index is -0.481. The van der Waals surface area contributed by atoms with E-state index in [1.54, 1.807) is 37.3 Å². The van der Waals surface area contributed by atoms with Crippen LogP contribution >= 0.6 is 0 Å². The lowest BCUT2D eigenvalue weighted by Gasteiger charge is -2.25. The van der Waals surface area contributed by atoms with Crippen molar-refractivity contribution < 1.29 is 19.1 Å². The smallest absolute Gasteiger partial charge is 0.230 e. The molecule has 1 heterocycles. The van der Waals surface area contributed by atoms with Gasteiger partial charge in [0, 0.05) is 19.5 Å². The van der Waals surface area contributed by atoms with Crippen molar-refractivity contribution in [1.82, 2.24) is 4.90 Å². The average Bonchev–Trinajstić information content (AvgIpc) is 2.97. The van der Waals surface area contributed by atoms with E-state index in [-0.39, 0.29) is 24.3 Å². The van der Waals surface area contributed by atoms with Crippen LogP contribution in [0.1, 0.15) is 18.0 Å². The predicted octanol–water partition coefficient (Wildman–Crippen LogP) is 2.86. The van der Waals surface area contributed by atoms with Gasteiger partial charge >= 0.3 is 0 Å². The van der Waals surface area contributed by atoms with E-state index >= 15 is 0 Å². The first-order valence-corrected chi connectivity index (χ1v) is 8.38. The first-order chi connectivity index (χ1) is 12.5. The molecule has 0 unspecified atom stereocenters. The molecular formula is C20H22N2O4. The standard InChI is InChI=1S/C20H22N2O4/c1-22-18(23)12-15(19(22)13-7-5-4-6-8-13)20(24)21-16-11-14(25-2)9-10-17(16)26-3/h4-11,15,19H,12H2,1-3H3,(H,21,24)/t15-,19-/m1/s1. The number of carbonyl (C=O) groups is 2. The number of methoxy groups -OCH3 is 2. The van der Waals surface area contributed by atoms with Crippen LogP contribution in [0.4, 0.5) is 5.69 Å². The lowest BCUT2D eigenvalue weighted by Crippen LogP contribution is -2.30. The number of hydrogen-bond acceptors (Lipinski definition) is 4. The fourth-order valence-electron chi connectivity index (χ4n) is 3.35. The summed E-state index contributed by atoms with van der Waals surface area (Å²) in [5, 5.41) is 2.90. The molecule has 6 heteroatoms. The molecule has 2 aromatic carbocycles. The van der Waals surface area contributed by atoms with E-state index in [4.69, 9.17) is 9.47 Å². The summed E-state index contributed by atoms with van der Waals surface area (Å²) in [4.78, 5) is 26.9. The van der Waals surface area contributed by atoms with Crippen LogP contribution in [-0.4, -0.2) is 38.0 Å². The number of anilines is 1. The third-order valence-corrected chi connectivity index (χ3v) is 4.73. The molecule has 0 aromatic heterocycles. The molecule has 26 heavy (non-hydrogen) atoms. The van der Waals surface area contributed by atoms with Gasteiger partial charge in [-0.2, -0.15) is 0 Å². The molecule has 2 atom stereocenters. The number of likely N-dealkylation sites (tertiary alicyclic amines) is 1. The van der Waals surface area contributed by atoms with Crippen molar-refractivity contribution in [2.45, 2.75) is 12.5 Å². The molecule has 3 rings (SSSR count). The monoisotopic (exact) mass is 354 g/mol. The Morgan fingerprint density at radius 2 is 1.85 bits per heavy atom. The molecule has 0 aliphatic carbocycles. The van der Waals surface area contributed by atoms with Gasteiger partial charge in [0.05, 0.1) is 31.9 Å². The molecule has 2 amide bonds. The van der Waals surface area contributed by atoms with E-state index in [1.807, 2.05) is 30.3 Å². The fraction of sp³-hybridized carbons (Fsp3) is 0.300. The van der Waals surface area contributed by atoms with Crippen LogP contribution in [0.2, 0.25) is 0 Å². The summed E-state index contributed by atoms with van der Waals surface area (Å²) in [6.07, 6.45) is 0.175. The second-order valence-corrected chi connectivity index (χ2v) is 6.23. The number of ether oxygens (including phenoxy) is 2. The number of benzene rings is 2. The summed E-state index contributed by atoms with van der Waals surface area (Å²) in [5.74, 6) is 0.402. The SMILES string of the molecule is COc1ccc(OC)c(NC(=O)[C@@H]2CC(=O)N(C)[C@@H]2c2ccccc2)c1. The minimum absolute atomic E-state index is 0.0448. The number of carbonyl (C=O) groups excluding carboxylic acids is 2. The van der Waals surface area contributed by atoms with E-state index in [9.17, 15) is 9.59 Å². The summed E-state index contributed by atoms with van der Waals surface area (Å²) in [6.45, 7) is 0. The summed E-state index contributed by atoms with van der Waals surface area (Å²) >= 11 is 0. The summed E-state index contributed by atoms with van der Waals surface area (Å²) in [5.41, 5.74) is 1.46. The molecule has 136 valence electrons. The van der Waals surface area contributed by atoms with Crippen molar-refractivity contribution in [1.29, 1.82) is 0 Å². The van der Waals surface area contributed by atoms with Crippen LogP contribution in [0.5, 0.6) is 11.5 Å². The van der Waals surface area contributed by atoms with Gasteiger partial charge in [0.1, 0.15) is 11.5 Å². The van der Waals surface area contributed by atoms with Gasteiger partial charge in [-0.3, -0.25) is 9.59 Å². The molecule has 0 spiro atoms. The van der Waals surface area contributed by atoms with Gasteiger partial charge in [0.15, 0.2) is 0 Å². The summed E-state index contributed by atoms with van der Waals surface area (Å²) in [7, 11) is 4.83. The second kappa shape index (κ2) is 7.47. The first-order valence-electron chi connectivity index (χ1n) is 8.38. The maximum Gasteiger partial charge on any atom is 0.230 e. The normalized spacial score (nSPS) is 19.3. The maximum absolute atomic E-state index is 13.0. The molecule has 0 saturated carbocycles. The van der Waals surface area contributed by atoms with Gasteiger partial charge in [-0.15, -0.1) is 0 Å². The topological polar surface area (TPSA) is 67.9 Å². The van der Waals surface area contributed by atoms with Gasteiger partial charge < -0.3 is 19.7 Å². The lowest BCUT2D eigenvalue weighted by molar-refractivity contribution is -0.127. The molecule has 6 nitrogen and oxygen atoms in total. The Hall–Kier alpha value is -3.02. The first kappa shape index (κ1) is 17.8. The Morgan fingerprint density at radius 1 is 1.12 bits per heavy atom. The average molecular weight is 354 g/mol. The molecule has 1 saturated heterocycles. The van der Waals surface area contributed by atoms with Crippen LogP contribution in [0, 0.1) is 5.92 Å². The molecule has 0 radical (unpaired) electrons. The highest BCUT2D eigenvalue weighted by Crippen LogP contribution is 2.38. The number of rotatable bonds is 5. The van der Waals surface area contributed by atoms with Crippen molar-refractivity contribution in [3.05, 3.63) is 54.1 Å². The molecule has 1 aliphatic rings. The van der Waals surface area contributed by atoms with Crippen molar-refractivity contribution >= 4 is 17.5 Å². The van der Waals surface area contributed by atoms with Crippen molar-refractivity contribution in [3.8, 4) is 11.5 Å². The van der Waals surface area contributed by atoms with Crippen LogP contribution < -0.4 is 14.8 Å². The van der Waals surface area contributed by atoms with E-state index in [0.717, 1.165) is 5.56 Å². The lowest BCUT2D eigenvalue weighted by atomic mass is 9.93. The Morgan fingerprint density at radius 3 is 2.50 bits per heavy atom. The fourth-order valence-corrected chi connectivity index (χ4v) is 3.35. The zero-order valence-corrected chi connectivity index (χ0v) is 15.1. The number of nitrogens with zero attached hydrogens (tertiary/aromatic N) is 1. The van der Waals surface area contributed by atoms with Gasteiger partial charge in [0.25, 0.3) is 0 Å². The quantitative estimate of drug-likeness (QED) is 0.896. The Balaban J connectivity index is 1.88. The predicted molar refractivity (Wildman–Crippen MR) is 98.2 cm³/mol. The van der Waals surface area contributed by atoms with Crippen LogP contribution in [0.15, 0.2) is 48.5 Å². The van der Waals surface area contributed by atoms with Crippen LogP contribution in [0.3, 0.4) is 0 Å². The second-order valence-electron chi connectivity index (χ2n) is 6.23. The number of amides is 2. The molecule has 1 fully saturated rings. The number of nitrogens with one attached hydrogen (secondary N) is 1. The summed E-state index contributed by atoms with van der Waals surface area (Å²) < 4.78 is 10.5. The van der Waals surface area contributed by atoms with Crippen LogP contribution in [0.25, 0.3) is 0 Å². The Bertz CT molecular complexity index is 807. The highest BCUT2D eigenvalue weighted by atomic mass is 16.5. The third kappa shape index (κ3) is 3.35. The van der Waals surface area contributed by atoms with Crippen molar-refractivity contribution in [3.63, 3.8) is 0 Å². The van der Waals surface area contributed by atoms with Crippen molar-refractivity contribution in [2.24, 2.45) is 5.92 Å². The van der Waals surface area contributed by atoms with Gasteiger partial charge in [-0.05, 0) is 17.7 Å². The van der Waals surface area contributed by atoms with Crippen molar-refractivity contribution in [2.75, 3.05) is 26.6 Å². The Kier molecular flexibility index (Phi) is 5.11. The molecular weight excluding hydrogens is 332 g/mol. The molecule has 2 aromatic rings. The van der Waals surface area contributed by atoms with Gasteiger partial charge in [-0.1, -0.05) is 30.3 Å². The van der Waals surface area contributed by atoms with Gasteiger partial charge in [0.2, 0.25) is 11.8 Å². The van der Waals surface area contributed by atoms with Crippen LogP contribution in [-0.2, 0) is 9.59 Å². The van der Waals surface area contributed by atoms with E-state index in [0.29, 0.717) is 17.2 Å². The molecule has 1 aliphatic heterocycles. The zero-order valence-electron chi connectivity index (χ0n) is 15.1. The minimum Gasteiger partial charge on any atom is -0.497 e. The maximum atomic E-state index is 13.0. The molecule has 0 bridgehead atoms. The zero-order chi connectivity index (χ0) is 18.7. The Labute approximate surface area is 152 Å². The third-order valence-electron chi connectivity index (χ3n) is 4.73. The highest BCUT2D eigenvalue weighted by Gasteiger charge is 2.42. The van der Waals surface area contributed by atoms with E-state index in [1.165, 1.54) is 7.11 Å². The largest absolute Gasteiger partial charge is 0.497 e.